The van der Waals surface area contributed by atoms with Crippen LogP contribution in [0.4, 0.5) is 0 Å². The molecule has 1 saturated carbocycles. The molecule has 1 aliphatic carbocycles. The van der Waals surface area contributed by atoms with E-state index in [2.05, 4.69) is 45.6 Å². The largest absolute Gasteiger partial charge is 0.299 e. The van der Waals surface area contributed by atoms with Gasteiger partial charge in [-0.15, -0.1) is 0 Å². The van der Waals surface area contributed by atoms with Crippen LogP contribution in [0.5, 0.6) is 0 Å². The lowest BCUT2D eigenvalue weighted by Gasteiger charge is -2.39. The van der Waals surface area contributed by atoms with E-state index in [9.17, 15) is 10.1 Å². The van der Waals surface area contributed by atoms with E-state index in [4.69, 9.17) is 0 Å². The maximum absolute atomic E-state index is 12.1. The number of Topliss-reactive ketones (excluding diaryl/α,β-unsaturated/α-hetero) is 1. The Balaban J connectivity index is 2.44. The van der Waals surface area contributed by atoms with E-state index in [1.807, 2.05) is 0 Å². The molecule has 0 amide bonds. The summed E-state index contributed by atoms with van der Waals surface area (Å²) in [6.07, 6.45) is 0. The van der Waals surface area contributed by atoms with Crippen LogP contribution in [0.1, 0.15) is 41.5 Å². The Morgan fingerprint density at radius 3 is 2.29 bits per heavy atom. The Hall–Kier alpha value is -0.880. The molecule has 3 heteroatoms. The SMILES string of the molecule is CC(=O)C12C(C#N)N(C(C)(C)C)CC1C2(C)C. The molecule has 0 bridgehead atoms. The molecule has 2 fully saturated rings. The molecule has 3 nitrogen and oxygen atoms in total. The molecule has 2 rings (SSSR count). The van der Waals surface area contributed by atoms with Crippen LogP contribution in [0, 0.1) is 28.1 Å². The number of ketones is 1. The fourth-order valence-electron chi connectivity index (χ4n) is 4.09. The molecule has 1 aliphatic heterocycles. The van der Waals surface area contributed by atoms with Gasteiger partial charge in [-0.2, -0.15) is 5.26 Å². The van der Waals surface area contributed by atoms with Gasteiger partial charge in [-0.1, -0.05) is 13.8 Å². The van der Waals surface area contributed by atoms with Crippen molar-refractivity contribution in [2.75, 3.05) is 6.54 Å². The zero-order valence-corrected chi connectivity index (χ0v) is 11.7. The van der Waals surface area contributed by atoms with E-state index in [1.165, 1.54) is 0 Å². The van der Waals surface area contributed by atoms with Gasteiger partial charge in [0.15, 0.2) is 0 Å². The number of nitriles is 1. The summed E-state index contributed by atoms with van der Waals surface area (Å²) >= 11 is 0. The van der Waals surface area contributed by atoms with Crippen molar-refractivity contribution in [3.8, 4) is 6.07 Å². The van der Waals surface area contributed by atoms with Crippen molar-refractivity contribution in [1.82, 2.24) is 4.90 Å². The number of nitrogens with zero attached hydrogens (tertiary/aromatic N) is 2. The van der Waals surface area contributed by atoms with Gasteiger partial charge < -0.3 is 0 Å². The fourth-order valence-corrected chi connectivity index (χ4v) is 4.09. The van der Waals surface area contributed by atoms with Crippen molar-refractivity contribution in [2.24, 2.45) is 16.7 Å². The number of carbonyl (C=O) groups excluding carboxylic acids is 1. The standard InChI is InChI=1S/C14H22N2O/c1-9(17)14-10(13(14,5)6)8-16(11(14)7-15)12(2,3)4/h10-11H,8H2,1-6H3. The van der Waals surface area contributed by atoms with E-state index in [1.54, 1.807) is 6.92 Å². The molecular formula is C14H22N2O. The van der Waals surface area contributed by atoms with Crippen molar-refractivity contribution < 1.29 is 4.79 Å². The van der Waals surface area contributed by atoms with Crippen LogP contribution in [0.3, 0.4) is 0 Å². The van der Waals surface area contributed by atoms with Crippen molar-refractivity contribution in [3.05, 3.63) is 0 Å². The molecule has 0 N–H and O–H groups in total. The third-order valence-electron chi connectivity index (χ3n) is 5.09. The molecule has 0 spiro atoms. The minimum absolute atomic E-state index is 0.0129. The molecular weight excluding hydrogens is 212 g/mol. The predicted octanol–water partition coefficient (Wildman–Crippen LogP) is 2.22. The second-order valence-electron chi connectivity index (χ2n) is 7.05. The number of rotatable bonds is 1. The van der Waals surface area contributed by atoms with Crippen molar-refractivity contribution in [2.45, 2.75) is 53.1 Å². The molecule has 0 radical (unpaired) electrons. The molecule has 1 heterocycles. The summed E-state index contributed by atoms with van der Waals surface area (Å²) in [6, 6.07) is 2.13. The average Bonchev–Trinajstić information content (AvgIpc) is 2.55. The smallest absolute Gasteiger partial charge is 0.139 e. The highest BCUT2D eigenvalue weighted by atomic mass is 16.1. The fraction of sp³-hybridized carbons (Fsp3) is 0.857. The molecule has 3 unspecified atom stereocenters. The maximum atomic E-state index is 12.1. The minimum atomic E-state index is -0.422. The van der Waals surface area contributed by atoms with Gasteiger partial charge in [0.05, 0.1) is 11.5 Å². The van der Waals surface area contributed by atoms with Gasteiger partial charge in [0.1, 0.15) is 11.8 Å². The first kappa shape index (κ1) is 12.6. The summed E-state index contributed by atoms with van der Waals surface area (Å²) in [7, 11) is 0. The first-order valence-corrected chi connectivity index (χ1v) is 6.29. The van der Waals surface area contributed by atoms with Crippen LogP contribution in [0.15, 0.2) is 0 Å². The summed E-state index contributed by atoms with van der Waals surface area (Å²) in [5, 5.41) is 9.50. The van der Waals surface area contributed by atoms with Crippen molar-refractivity contribution in [1.29, 1.82) is 5.26 Å². The molecule has 94 valence electrons. The van der Waals surface area contributed by atoms with Gasteiger partial charge in [-0.05, 0) is 39.0 Å². The lowest BCUT2D eigenvalue weighted by atomic mass is 9.83. The van der Waals surface area contributed by atoms with Crippen molar-refractivity contribution >= 4 is 5.78 Å². The van der Waals surface area contributed by atoms with E-state index in [0.29, 0.717) is 5.92 Å². The molecule has 3 atom stereocenters. The molecule has 2 aliphatic rings. The van der Waals surface area contributed by atoms with Gasteiger partial charge in [0.25, 0.3) is 0 Å². The third kappa shape index (κ3) is 1.22. The monoisotopic (exact) mass is 234 g/mol. The van der Waals surface area contributed by atoms with Gasteiger partial charge in [0.2, 0.25) is 0 Å². The summed E-state index contributed by atoms with van der Waals surface area (Å²) in [5.41, 5.74) is -0.484. The van der Waals surface area contributed by atoms with E-state index in [0.717, 1.165) is 6.54 Å². The van der Waals surface area contributed by atoms with Gasteiger partial charge in [-0.25, -0.2) is 0 Å². The van der Waals surface area contributed by atoms with Crippen LogP contribution in [0.25, 0.3) is 0 Å². The highest BCUT2D eigenvalue weighted by molar-refractivity contribution is 5.90. The number of fused-ring (bicyclic) bond motifs is 1. The molecule has 0 aromatic carbocycles. The number of hydrogen-bond acceptors (Lipinski definition) is 3. The second-order valence-corrected chi connectivity index (χ2v) is 7.05. The summed E-state index contributed by atoms with van der Waals surface area (Å²) in [4.78, 5) is 14.3. The van der Waals surface area contributed by atoms with Gasteiger partial charge in [-0.3, -0.25) is 9.69 Å². The second kappa shape index (κ2) is 3.11. The maximum Gasteiger partial charge on any atom is 0.139 e. The number of hydrogen-bond donors (Lipinski definition) is 0. The Labute approximate surface area is 104 Å². The van der Waals surface area contributed by atoms with E-state index < -0.39 is 5.41 Å². The van der Waals surface area contributed by atoms with Gasteiger partial charge >= 0.3 is 0 Å². The Morgan fingerprint density at radius 2 is 1.94 bits per heavy atom. The average molecular weight is 234 g/mol. The van der Waals surface area contributed by atoms with E-state index >= 15 is 0 Å². The lowest BCUT2D eigenvalue weighted by Crippen LogP contribution is -2.51. The molecule has 17 heavy (non-hydrogen) atoms. The van der Waals surface area contributed by atoms with Crippen LogP contribution in [-0.2, 0) is 4.79 Å². The summed E-state index contributed by atoms with van der Waals surface area (Å²) in [6.45, 7) is 13.1. The van der Waals surface area contributed by atoms with Crippen LogP contribution >= 0.6 is 0 Å². The first-order valence-electron chi connectivity index (χ1n) is 6.29. The number of likely N-dealkylation sites (tertiary alicyclic amines) is 1. The molecule has 0 aromatic rings. The molecule has 0 aromatic heterocycles. The normalized spacial score (nSPS) is 39.6. The summed E-state index contributed by atoms with van der Waals surface area (Å²) in [5.74, 6) is 0.530. The lowest BCUT2D eigenvalue weighted by molar-refractivity contribution is -0.124. The number of carbonyl (C=O) groups is 1. The van der Waals surface area contributed by atoms with Crippen molar-refractivity contribution in [3.63, 3.8) is 0 Å². The quantitative estimate of drug-likeness (QED) is 0.699. The van der Waals surface area contributed by atoms with E-state index in [-0.39, 0.29) is 22.8 Å². The summed E-state index contributed by atoms with van der Waals surface area (Å²) < 4.78 is 0. The zero-order chi connectivity index (χ0) is 13.2. The van der Waals surface area contributed by atoms with Gasteiger partial charge in [0, 0.05) is 12.1 Å². The first-order chi connectivity index (χ1) is 7.61. The molecule has 1 saturated heterocycles. The third-order valence-corrected chi connectivity index (χ3v) is 5.09. The van der Waals surface area contributed by atoms with Crippen LogP contribution < -0.4 is 0 Å². The Bertz CT molecular complexity index is 413. The Morgan fingerprint density at radius 1 is 1.41 bits per heavy atom. The zero-order valence-electron chi connectivity index (χ0n) is 11.7. The number of piperidine rings is 1. The minimum Gasteiger partial charge on any atom is -0.299 e. The Kier molecular flexibility index (Phi) is 2.30. The highest BCUT2D eigenvalue weighted by Gasteiger charge is 2.82. The topological polar surface area (TPSA) is 44.1 Å². The predicted molar refractivity (Wildman–Crippen MR) is 66.2 cm³/mol. The highest BCUT2D eigenvalue weighted by Crippen LogP contribution is 2.75. The van der Waals surface area contributed by atoms with Crippen LogP contribution in [-0.4, -0.2) is 28.8 Å². The van der Waals surface area contributed by atoms with Crippen LogP contribution in [0.2, 0.25) is 0 Å².